The molecule has 0 aliphatic carbocycles. The zero-order valence-corrected chi connectivity index (χ0v) is 13.8. The number of hydrogen-bond acceptors (Lipinski definition) is 3. The molecule has 8 heteroatoms. The standard InChI is InChI=1S/C16H13Cl2N5O/c17-10-5-11(18)7-13(6-10)22-16(24)21-12-3-1-2-9(4-12)14-8-20-15(19)23-14/h1-8H,(H3,19,20,23)(H2,21,22,24). The second kappa shape index (κ2) is 6.82. The molecule has 24 heavy (non-hydrogen) atoms. The number of aromatic amines is 1. The second-order valence-electron chi connectivity index (χ2n) is 5.00. The minimum Gasteiger partial charge on any atom is -0.369 e. The van der Waals surface area contributed by atoms with Crippen molar-refractivity contribution >= 4 is 46.6 Å². The van der Waals surface area contributed by atoms with Crippen molar-refractivity contribution in [1.82, 2.24) is 9.97 Å². The predicted octanol–water partition coefficient (Wildman–Crippen LogP) is 4.61. The molecule has 0 saturated heterocycles. The number of amides is 2. The van der Waals surface area contributed by atoms with Gasteiger partial charge in [-0.25, -0.2) is 9.78 Å². The van der Waals surface area contributed by atoms with Crippen LogP contribution in [0.5, 0.6) is 0 Å². The summed E-state index contributed by atoms with van der Waals surface area (Å²) in [5.74, 6) is 0.332. The van der Waals surface area contributed by atoms with Crippen LogP contribution < -0.4 is 16.4 Å². The van der Waals surface area contributed by atoms with Crippen LogP contribution in [0.4, 0.5) is 22.1 Å². The van der Waals surface area contributed by atoms with E-state index in [1.165, 1.54) is 0 Å². The number of nitrogens with one attached hydrogen (secondary N) is 3. The number of benzene rings is 2. The highest BCUT2D eigenvalue weighted by Gasteiger charge is 2.07. The highest BCUT2D eigenvalue weighted by Crippen LogP contribution is 2.24. The van der Waals surface area contributed by atoms with Gasteiger partial charge in [0.15, 0.2) is 5.95 Å². The number of H-pyrrole nitrogens is 1. The Balaban J connectivity index is 1.72. The highest BCUT2D eigenvalue weighted by atomic mass is 35.5. The van der Waals surface area contributed by atoms with E-state index in [-0.39, 0.29) is 0 Å². The normalized spacial score (nSPS) is 10.4. The number of aromatic nitrogens is 2. The molecule has 0 aliphatic rings. The molecule has 1 heterocycles. The molecule has 2 amide bonds. The zero-order valence-electron chi connectivity index (χ0n) is 12.3. The monoisotopic (exact) mass is 361 g/mol. The summed E-state index contributed by atoms with van der Waals surface area (Å²) in [6.45, 7) is 0. The largest absolute Gasteiger partial charge is 0.369 e. The fraction of sp³-hybridized carbons (Fsp3) is 0. The number of nitrogens with zero attached hydrogens (tertiary/aromatic N) is 1. The number of imidazole rings is 1. The first kappa shape index (κ1) is 16.2. The van der Waals surface area contributed by atoms with E-state index in [1.807, 2.05) is 12.1 Å². The van der Waals surface area contributed by atoms with Crippen LogP contribution in [0.25, 0.3) is 11.3 Å². The second-order valence-corrected chi connectivity index (χ2v) is 5.87. The Morgan fingerprint density at radius 2 is 1.75 bits per heavy atom. The van der Waals surface area contributed by atoms with Crippen molar-refractivity contribution in [2.75, 3.05) is 16.4 Å². The smallest absolute Gasteiger partial charge is 0.323 e. The third kappa shape index (κ3) is 3.98. The first-order chi connectivity index (χ1) is 11.5. The van der Waals surface area contributed by atoms with Gasteiger partial charge in [0.05, 0.1) is 11.9 Å². The predicted molar refractivity (Wildman–Crippen MR) is 97.5 cm³/mol. The Bertz CT molecular complexity index is 873. The van der Waals surface area contributed by atoms with Crippen LogP contribution in [-0.2, 0) is 0 Å². The number of hydrogen-bond donors (Lipinski definition) is 4. The van der Waals surface area contributed by atoms with E-state index in [4.69, 9.17) is 28.9 Å². The Morgan fingerprint density at radius 1 is 1.04 bits per heavy atom. The first-order valence-corrected chi connectivity index (χ1v) is 7.70. The molecular formula is C16H13Cl2N5O. The molecule has 1 aromatic heterocycles. The SMILES string of the molecule is Nc1ncc(-c2cccc(NC(=O)Nc3cc(Cl)cc(Cl)c3)c2)[nH]1. The van der Waals surface area contributed by atoms with Gasteiger partial charge in [-0.15, -0.1) is 0 Å². The number of urea groups is 1. The van der Waals surface area contributed by atoms with Gasteiger partial charge in [-0.2, -0.15) is 0 Å². The molecular weight excluding hydrogens is 349 g/mol. The third-order valence-corrected chi connectivity index (χ3v) is 3.58. The molecule has 5 N–H and O–H groups in total. The van der Waals surface area contributed by atoms with Crippen LogP contribution in [0.1, 0.15) is 0 Å². The van der Waals surface area contributed by atoms with Crippen LogP contribution in [0.15, 0.2) is 48.7 Å². The van der Waals surface area contributed by atoms with Crippen molar-refractivity contribution in [3.05, 3.63) is 58.7 Å². The topological polar surface area (TPSA) is 95.8 Å². The van der Waals surface area contributed by atoms with E-state index in [2.05, 4.69) is 20.6 Å². The summed E-state index contributed by atoms with van der Waals surface area (Å²) in [4.78, 5) is 19.0. The van der Waals surface area contributed by atoms with E-state index in [0.29, 0.717) is 27.4 Å². The fourth-order valence-corrected chi connectivity index (χ4v) is 2.69. The van der Waals surface area contributed by atoms with Crippen molar-refractivity contribution in [3.63, 3.8) is 0 Å². The zero-order chi connectivity index (χ0) is 17.1. The molecule has 2 aromatic carbocycles. The van der Waals surface area contributed by atoms with Gasteiger partial charge in [0.25, 0.3) is 0 Å². The van der Waals surface area contributed by atoms with Gasteiger partial charge in [-0.05, 0) is 30.3 Å². The van der Waals surface area contributed by atoms with Crippen molar-refractivity contribution in [2.24, 2.45) is 0 Å². The summed E-state index contributed by atoms with van der Waals surface area (Å²) >= 11 is 11.8. The maximum Gasteiger partial charge on any atom is 0.323 e. The van der Waals surface area contributed by atoms with E-state index in [1.54, 1.807) is 36.5 Å². The molecule has 0 spiro atoms. The van der Waals surface area contributed by atoms with Crippen molar-refractivity contribution in [2.45, 2.75) is 0 Å². The number of nitrogen functional groups attached to an aromatic ring is 1. The molecule has 3 aromatic rings. The summed E-state index contributed by atoms with van der Waals surface area (Å²) in [5.41, 5.74) is 8.31. The lowest BCUT2D eigenvalue weighted by molar-refractivity contribution is 0.262. The lowest BCUT2D eigenvalue weighted by atomic mass is 10.1. The van der Waals surface area contributed by atoms with E-state index < -0.39 is 6.03 Å². The minimum absolute atomic E-state index is 0.332. The Labute approximate surface area is 148 Å². The fourth-order valence-electron chi connectivity index (χ4n) is 2.17. The average Bonchev–Trinajstić information content (AvgIpc) is 2.93. The van der Waals surface area contributed by atoms with Crippen LogP contribution in [0.3, 0.4) is 0 Å². The lowest BCUT2D eigenvalue weighted by Gasteiger charge is -2.09. The van der Waals surface area contributed by atoms with E-state index in [9.17, 15) is 4.79 Å². The van der Waals surface area contributed by atoms with Crippen LogP contribution >= 0.6 is 23.2 Å². The van der Waals surface area contributed by atoms with Crippen molar-refractivity contribution in [3.8, 4) is 11.3 Å². The van der Waals surface area contributed by atoms with Crippen LogP contribution in [-0.4, -0.2) is 16.0 Å². The summed E-state index contributed by atoms with van der Waals surface area (Å²) in [7, 11) is 0. The Kier molecular flexibility index (Phi) is 4.59. The number of rotatable bonds is 3. The molecule has 0 unspecified atom stereocenters. The van der Waals surface area contributed by atoms with E-state index >= 15 is 0 Å². The molecule has 0 aliphatic heterocycles. The van der Waals surface area contributed by atoms with Crippen molar-refractivity contribution in [1.29, 1.82) is 0 Å². The molecule has 0 atom stereocenters. The lowest BCUT2D eigenvalue weighted by Crippen LogP contribution is -2.19. The quantitative estimate of drug-likeness (QED) is 0.548. The molecule has 0 fully saturated rings. The van der Waals surface area contributed by atoms with Gasteiger partial charge in [0, 0.05) is 27.0 Å². The number of nitrogens with two attached hydrogens (primary N) is 1. The molecule has 3 rings (SSSR count). The van der Waals surface area contributed by atoms with Crippen molar-refractivity contribution < 1.29 is 4.79 Å². The van der Waals surface area contributed by atoms with Gasteiger partial charge in [0.1, 0.15) is 0 Å². The van der Waals surface area contributed by atoms with Gasteiger partial charge in [-0.3, -0.25) is 0 Å². The molecule has 0 bridgehead atoms. The summed E-state index contributed by atoms with van der Waals surface area (Å²) < 4.78 is 0. The third-order valence-electron chi connectivity index (χ3n) is 3.15. The molecule has 0 radical (unpaired) electrons. The number of anilines is 3. The van der Waals surface area contributed by atoms with Gasteiger partial charge in [-0.1, -0.05) is 35.3 Å². The maximum atomic E-state index is 12.1. The molecule has 6 nitrogen and oxygen atoms in total. The highest BCUT2D eigenvalue weighted by molar-refractivity contribution is 6.35. The number of carbonyl (C=O) groups excluding carboxylic acids is 1. The van der Waals surface area contributed by atoms with Crippen LogP contribution in [0, 0.1) is 0 Å². The van der Waals surface area contributed by atoms with E-state index in [0.717, 1.165) is 11.3 Å². The molecule has 122 valence electrons. The first-order valence-electron chi connectivity index (χ1n) is 6.94. The number of carbonyl (C=O) groups is 1. The Hall–Kier alpha value is -2.70. The van der Waals surface area contributed by atoms with Crippen LogP contribution in [0.2, 0.25) is 10.0 Å². The summed E-state index contributed by atoms with van der Waals surface area (Å²) in [6, 6.07) is 11.7. The summed E-state index contributed by atoms with van der Waals surface area (Å²) in [5, 5.41) is 6.30. The minimum atomic E-state index is -0.408. The van der Waals surface area contributed by atoms with Gasteiger partial charge >= 0.3 is 6.03 Å². The van der Waals surface area contributed by atoms with Gasteiger partial charge in [0.2, 0.25) is 0 Å². The average molecular weight is 362 g/mol. The number of halogens is 2. The Morgan fingerprint density at radius 3 is 2.42 bits per heavy atom. The maximum absolute atomic E-state index is 12.1. The van der Waals surface area contributed by atoms with Gasteiger partial charge < -0.3 is 21.4 Å². The summed E-state index contributed by atoms with van der Waals surface area (Å²) in [6.07, 6.45) is 1.63. The molecule has 0 saturated carbocycles.